The maximum absolute atomic E-state index is 12.3. The van der Waals surface area contributed by atoms with Gasteiger partial charge in [0, 0.05) is 12.1 Å². The molecule has 2 aliphatic rings. The van der Waals surface area contributed by atoms with Gasteiger partial charge in [0.1, 0.15) is 5.75 Å². The maximum Gasteiger partial charge on any atom is 0.319 e. The van der Waals surface area contributed by atoms with E-state index in [-0.39, 0.29) is 23.5 Å². The zero-order valence-corrected chi connectivity index (χ0v) is 14.0. The van der Waals surface area contributed by atoms with Crippen LogP contribution in [0.3, 0.4) is 0 Å². The monoisotopic (exact) mass is 333 g/mol. The van der Waals surface area contributed by atoms with E-state index in [9.17, 15) is 14.9 Å². The van der Waals surface area contributed by atoms with Crippen LogP contribution in [0, 0.1) is 27.9 Å². The highest BCUT2D eigenvalue weighted by Crippen LogP contribution is 2.49. The van der Waals surface area contributed by atoms with Gasteiger partial charge in [-0.25, -0.2) is 4.79 Å². The molecule has 1 aromatic carbocycles. The number of methoxy groups -OCH3 is 1. The fraction of sp³-hybridized carbons (Fsp3) is 0.588. The lowest BCUT2D eigenvalue weighted by Gasteiger charge is -2.28. The zero-order valence-electron chi connectivity index (χ0n) is 14.0. The summed E-state index contributed by atoms with van der Waals surface area (Å²) in [6.07, 6.45) is 5.11. The summed E-state index contributed by atoms with van der Waals surface area (Å²) in [5.74, 6) is 2.39. The Labute approximate surface area is 140 Å². The lowest BCUT2D eigenvalue weighted by molar-refractivity contribution is -0.384. The fourth-order valence-corrected chi connectivity index (χ4v) is 4.28. The Kier molecular flexibility index (Phi) is 4.59. The highest BCUT2D eigenvalue weighted by Gasteiger charge is 2.42. The molecule has 130 valence electrons. The van der Waals surface area contributed by atoms with Gasteiger partial charge < -0.3 is 15.4 Å². The van der Waals surface area contributed by atoms with E-state index < -0.39 is 4.92 Å². The van der Waals surface area contributed by atoms with Gasteiger partial charge in [-0.2, -0.15) is 0 Å². The van der Waals surface area contributed by atoms with Crippen molar-refractivity contribution >= 4 is 17.4 Å². The first-order valence-corrected chi connectivity index (χ1v) is 8.38. The first kappa shape index (κ1) is 16.5. The molecule has 0 saturated heterocycles. The normalized spacial score (nSPS) is 26.0. The summed E-state index contributed by atoms with van der Waals surface area (Å²) >= 11 is 0. The van der Waals surface area contributed by atoms with E-state index in [4.69, 9.17) is 4.74 Å². The molecule has 1 aromatic rings. The molecule has 2 amide bonds. The van der Waals surface area contributed by atoms with Crippen LogP contribution in [-0.4, -0.2) is 24.1 Å². The summed E-state index contributed by atoms with van der Waals surface area (Å²) in [5, 5.41) is 16.5. The molecule has 4 atom stereocenters. The third-order valence-corrected chi connectivity index (χ3v) is 5.44. The number of hydrogen-bond acceptors (Lipinski definition) is 4. The Hall–Kier alpha value is -2.31. The van der Waals surface area contributed by atoms with Crippen LogP contribution in [0.15, 0.2) is 18.2 Å². The predicted octanol–water partition coefficient (Wildman–Crippen LogP) is 3.55. The van der Waals surface area contributed by atoms with E-state index in [1.807, 2.05) is 0 Å². The molecule has 0 aliphatic heterocycles. The molecule has 3 rings (SSSR count). The first-order valence-electron chi connectivity index (χ1n) is 8.38. The predicted molar refractivity (Wildman–Crippen MR) is 90.2 cm³/mol. The van der Waals surface area contributed by atoms with Crippen LogP contribution in [0.1, 0.15) is 32.6 Å². The van der Waals surface area contributed by atoms with Crippen molar-refractivity contribution in [2.75, 3.05) is 12.4 Å². The molecule has 2 N–H and O–H groups in total. The third-order valence-electron chi connectivity index (χ3n) is 5.44. The van der Waals surface area contributed by atoms with E-state index >= 15 is 0 Å². The molecule has 0 heterocycles. The number of nitro groups is 1. The Balaban J connectivity index is 1.61. The van der Waals surface area contributed by atoms with Crippen molar-refractivity contribution in [1.82, 2.24) is 5.32 Å². The van der Waals surface area contributed by atoms with Gasteiger partial charge in [-0.15, -0.1) is 0 Å². The Morgan fingerprint density at radius 3 is 2.75 bits per heavy atom. The van der Waals surface area contributed by atoms with E-state index in [1.165, 1.54) is 51.0 Å². The number of urea groups is 1. The minimum Gasteiger partial charge on any atom is -0.494 e. The minimum atomic E-state index is -0.496. The van der Waals surface area contributed by atoms with Crippen LogP contribution in [0.25, 0.3) is 0 Å². The smallest absolute Gasteiger partial charge is 0.319 e. The zero-order chi connectivity index (χ0) is 17.3. The summed E-state index contributed by atoms with van der Waals surface area (Å²) in [7, 11) is 1.42. The van der Waals surface area contributed by atoms with Crippen LogP contribution in [0.4, 0.5) is 16.2 Å². The fourth-order valence-electron chi connectivity index (χ4n) is 4.28. The van der Waals surface area contributed by atoms with E-state index in [0.29, 0.717) is 11.6 Å². The highest BCUT2D eigenvalue weighted by molar-refractivity contribution is 5.91. The molecule has 0 unspecified atom stereocenters. The van der Waals surface area contributed by atoms with Crippen LogP contribution < -0.4 is 15.4 Å². The largest absolute Gasteiger partial charge is 0.494 e. The molecule has 24 heavy (non-hydrogen) atoms. The second-order valence-electron chi connectivity index (χ2n) is 6.87. The molecule has 0 spiro atoms. The number of fused-ring (bicyclic) bond motifs is 2. The van der Waals surface area contributed by atoms with E-state index in [2.05, 4.69) is 17.6 Å². The number of hydrogen-bond donors (Lipinski definition) is 2. The second-order valence-corrected chi connectivity index (χ2v) is 6.87. The average molecular weight is 333 g/mol. The van der Waals surface area contributed by atoms with Crippen LogP contribution in [-0.2, 0) is 0 Å². The lowest BCUT2D eigenvalue weighted by Crippen LogP contribution is -2.42. The van der Waals surface area contributed by atoms with Crippen molar-refractivity contribution in [2.24, 2.45) is 17.8 Å². The summed E-state index contributed by atoms with van der Waals surface area (Å²) in [5.41, 5.74) is 0.342. The topological polar surface area (TPSA) is 93.5 Å². The van der Waals surface area contributed by atoms with Crippen molar-refractivity contribution in [3.8, 4) is 5.75 Å². The van der Waals surface area contributed by atoms with Gasteiger partial charge in [-0.05, 0) is 50.0 Å². The lowest BCUT2D eigenvalue weighted by atomic mass is 9.84. The SMILES string of the molecule is COc1cc([N+](=O)[O-])ccc1NC(=O)N[C@@H](C)[C@@H]1C[C@H]2CC[C@H]1C2. The summed E-state index contributed by atoms with van der Waals surface area (Å²) < 4.78 is 5.14. The van der Waals surface area contributed by atoms with Crippen molar-refractivity contribution < 1.29 is 14.5 Å². The van der Waals surface area contributed by atoms with Crippen molar-refractivity contribution in [3.05, 3.63) is 28.3 Å². The van der Waals surface area contributed by atoms with Gasteiger partial charge in [0.15, 0.2) is 0 Å². The summed E-state index contributed by atoms with van der Waals surface area (Å²) in [4.78, 5) is 22.6. The molecule has 2 aliphatic carbocycles. The Morgan fingerprint density at radius 1 is 1.38 bits per heavy atom. The summed E-state index contributed by atoms with van der Waals surface area (Å²) in [6.45, 7) is 2.05. The standard InChI is InChI=1S/C17H23N3O4/c1-10(14-8-11-3-4-12(14)7-11)18-17(21)19-15-6-5-13(20(22)23)9-16(15)24-2/h5-6,9-12,14H,3-4,7-8H2,1-2H3,(H2,18,19,21)/t10-,11-,12-,14-/m0/s1. The number of carbonyl (C=O) groups is 1. The average Bonchev–Trinajstić information content (AvgIpc) is 3.17. The van der Waals surface area contributed by atoms with Crippen LogP contribution in [0.5, 0.6) is 5.75 Å². The number of carbonyl (C=O) groups excluding carboxylic acids is 1. The number of nitro benzene ring substituents is 1. The van der Waals surface area contributed by atoms with Gasteiger partial charge in [-0.1, -0.05) is 6.42 Å². The highest BCUT2D eigenvalue weighted by atomic mass is 16.6. The number of amides is 2. The number of nitrogens with zero attached hydrogens (tertiary/aromatic N) is 1. The van der Waals surface area contributed by atoms with E-state index in [1.54, 1.807) is 0 Å². The number of ether oxygens (including phenoxy) is 1. The molecule has 2 fully saturated rings. The molecule has 2 saturated carbocycles. The summed E-state index contributed by atoms with van der Waals surface area (Å²) in [6, 6.07) is 3.94. The van der Waals surface area contributed by atoms with Crippen LogP contribution >= 0.6 is 0 Å². The van der Waals surface area contributed by atoms with Crippen molar-refractivity contribution in [3.63, 3.8) is 0 Å². The van der Waals surface area contributed by atoms with Gasteiger partial charge >= 0.3 is 6.03 Å². The Morgan fingerprint density at radius 2 is 2.17 bits per heavy atom. The molecule has 0 radical (unpaired) electrons. The second kappa shape index (κ2) is 6.67. The Bertz CT molecular complexity index is 649. The molecule has 0 aromatic heterocycles. The van der Waals surface area contributed by atoms with Gasteiger partial charge in [-0.3, -0.25) is 10.1 Å². The van der Waals surface area contributed by atoms with Crippen molar-refractivity contribution in [2.45, 2.75) is 38.6 Å². The number of benzene rings is 1. The maximum atomic E-state index is 12.3. The van der Waals surface area contributed by atoms with Gasteiger partial charge in [0.2, 0.25) is 0 Å². The molecular weight excluding hydrogens is 310 g/mol. The van der Waals surface area contributed by atoms with Crippen LogP contribution in [0.2, 0.25) is 0 Å². The molecule has 2 bridgehead atoms. The number of anilines is 1. The molecule has 7 nitrogen and oxygen atoms in total. The number of non-ortho nitro benzene ring substituents is 1. The number of nitrogens with one attached hydrogen (secondary N) is 2. The van der Waals surface area contributed by atoms with Gasteiger partial charge in [0.05, 0.1) is 23.8 Å². The van der Waals surface area contributed by atoms with Crippen molar-refractivity contribution in [1.29, 1.82) is 0 Å². The quantitative estimate of drug-likeness (QED) is 0.636. The molecular formula is C17H23N3O4. The molecule has 7 heteroatoms. The number of rotatable bonds is 5. The van der Waals surface area contributed by atoms with Gasteiger partial charge in [0.25, 0.3) is 5.69 Å². The minimum absolute atomic E-state index is 0.0758. The first-order chi connectivity index (χ1) is 11.5. The third kappa shape index (κ3) is 3.29. The van der Waals surface area contributed by atoms with E-state index in [0.717, 1.165) is 11.8 Å².